The number of nitrogens with one attached hydrogen (secondary N) is 1. The number of rotatable bonds is 10. The first-order chi connectivity index (χ1) is 22.0. The van der Waals surface area contributed by atoms with E-state index >= 15 is 0 Å². The highest BCUT2D eigenvalue weighted by Crippen LogP contribution is 2.60. The van der Waals surface area contributed by atoms with E-state index in [1.54, 1.807) is 46.1 Å². The first-order valence-electron chi connectivity index (χ1n) is 15.6. The molecule has 3 aromatic carbocycles. The molecule has 3 heterocycles. The number of hydrogen-bond donors (Lipinski definition) is 4. The lowest BCUT2D eigenvalue weighted by Gasteiger charge is -2.32. The number of carbonyl (C=O) groups excluding carboxylic acids is 2. The van der Waals surface area contributed by atoms with Crippen LogP contribution in [0.3, 0.4) is 0 Å². The molecule has 0 aliphatic carbocycles. The standard InChI is InChI=1S/C34H40N6O5Si/c1-22-31(46(2,3)44)30(15-17-39-21-27(16-18-41)37-38-39)45-34(22)28-19-26(36-32(42)24-9-11-25(35)12-10-24)13-14-29(28)40(33(34)43)20-23-7-5-4-6-8-23/h4-14,19,21-22,30-31,41,44H,15-18,20,35H2,1-3H3,(H,36,42)/t22-,30+,31-,34+/m0/s1. The molecule has 46 heavy (non-hydrogen) atoms. The number of carbonyl (C=O) groups is 2. The van der Waals surface area contributed by atoms with E-state index in [1.165, 1.54) is 0 Å². The number of aromatic nitrogens is 3. The monoisotopic (exact) mass is 640 g/mol. The molecule has 240 valence electrons. The highest BCUT2D eigenvalue weighted by atomic mass is 28.4. The van der Waals surface area contributed by atoms with Gasteiger partial charge in [0.2, 0.25) is 0 Å². The molecule has 2 aliphatic heterocycles. The van der Waals surface area contributed by atoms with Gasteiger partial charge >= 0.3 is 0 Å². The summed E-state index contributed by atoms with van der Waals surface area (Å²) in [5.41, 5.74) is 8.79. The van der Waals surface area contributed by atoms with E-state index in [0.717, 1.165) is 5.56 Å². The van der Waals surface area contributed by atoms with Crippen molar-refractivity contribution in [3.8, 4) is 0 Å². The topological polar surface area (TPSA) is 156 Å². The summed E-state index contributed by atoms with van der Waals surface area (Å²) in [7, 11) is -2.88. The zero-order valence-electron chi connectivity index (χ0n) is 26.3. The first-order valence-corrected chi connectivity index (χ1v) is 18.6. The van der Waals surface area contributed by atoms with E-state index in [2.05, 4.69) is 15.6 Å². The van der Waals surface area contributed by atoms with Crippen LogP contribution >= 0.6 is 0 Å². The minimum atomic E-state index is -2.88. The number of nitrogens with two attached hydrogens (primary N) is 1. The fourth-order valence-electron chi connectivity index (χ4n) is 7.12. The van der Waals surface area contributed by atoms with Crippen LogP contribution in [0.5, 0.6) is 0 Å². The number of benzene rings is 3. The van der Waals surface area contributed by atoms with Crippen LogP contribution in [0.25, 0.3) is 0 Å². The summed E-state index contributed by atoms with van der Waals surface area (Å²) in [5, 5.41) is 20.6. The Balaban J connectivity index is 1.38. The third-order valence-electron chi connectivity index (χ3n) is 9.19. The van der Waals surface area contributed by atoms with Gasteiger partial charge in [0.05, 0.1) is 24.0 Å². The Morgan fingerprint density at radius 2 is 1.85 bits per heavy atom. The molecule has 1 aromatic heterocycles. The normalized spacial score (nSPS) is 22.4. The van der Waals surface area contributed by atoms with Crippen LogP contribution in [0, 0.1) is 5.92 Å². The van der Waals surface area contributed by atoms with Crippen molar-refractivity contribution >= 4 is 37.2 Å². The van der Waals surface area contributed by atoms with Crippen LogP contribution in [0.4, 0.5) is 17.1 Å². The minimum absolute atomic E-state index is 0.0136. The van der Waals surface area contributed by atoms with Crippen molar-refractivity contribution in [1.82, 2.24) is 15.0 Å². The van der Waals surface area contributed by atoms with Gasteiger partial charge in [-0.05, 0) is 67.5 Å². The predicted molar refractivity (Wildman–Crippen MR) is 177 cm³/mol. The van der Waals surface area contributed by atoms with Gasteiger partial charge in [-0.25, -0.2) is 0 Å². The molecule has 0 unspecified atom stereocenters. The van der Waals surface area contributed by atoms with Crippen molar-refractivity contribution in [3.63, 3.8) is 0 Å². The molecule has 1 saturated heterocycles. The molecule has 4 aromatic rings. The van der Waals surface area contributed by atoms with Gasteiger partial charge in [0, 0.05) is 59.7 Å². The average Bonchev–Trinajstić information content (AvgIpc) is 3.67. The Kier molecular flexibility index (Phi) is 8.55. The smallest absolute Gasteiger partial charge is 0.264 e. The van der Waals surface area contributed by atoms with Crippen LogP contribution in [0.1, 0.15) is 40.5 Å². The van der Waals surface area contributed by atoms with Gasteiger partial charge in [-0.2, -0.15) is 0 Å². The van der Waals surface area contributed by atoms with Crippen molar-refractivity contribution in [3.05, 3.63) is 101 Å². The van der Waals surface area contributed by atoms with Gasteiger partial charge in [0.15, 0.2) is 13.9 Å². The van der Waals surface area contributed by atoms with Crippen molar-refractivity contribution < 1.29 is 24.2 Å². The highest BCUT2D eigenvalue weighted by molar-refractivity contribution is 6.71. The first kappa shape index (κ1) is 31.6. The molecule has 1 spiro atoms. The van der Waals surface area contributed by atoms with E-state index in [4.69, 9.17) is 10.5 Å². The van der Waals surface area contributed by atoms with Gasteiger partial charge in [0.25, 0.3) is 11.8 Å². The number of aliphatic hydroxyl groups is 1. The summed E-state index contributed by atoms with van der Waals surface area (Å²) in [6.45, 7) is 6.59. The number of anilines is 3. The summed E-state index contributed by atoms with van der Waals surface area (Å²) in [5.74, 6) is -0.842. The number of nitrogens with zero attached hydrogens (tertiary/aromatic N) is 4. The molecule has 2 aliphatic rings. The number of fused-ring (bicyclic) bond motifs is 2. The van der Waals surface area contributed by atoms with Gasteiger partial charge < -0.3 is 30.6 Å². The van der Waals surface area contributed by atoms with E-state index in [-0.39, 0.29) is 29.9 Å². The maximum Gasteiger partial charge on any atom is 0.264 e. The quantitative estimate of drug-likeness (QED) is 0.149. The summed E-state index contributed by atoms with van der Waals surface area (Å²) >= 11 is 0. The Morgan fingerprint density at radius 3 is 2.54 bits per heavy atom. The van der Waals surface area contributed by atoms with E-state index in [1.807, 2.05) is 62.5 Å². The maximum absolute atomic E-state index is 14.7. The summed E-state index contributed by atoms with van der Waals surface area (Å²) in [4.78, 5) is 41.3. The molecule has 6 rings (SSSR count). The largest absolute Gasteiger partial charge is 0.432 e. The fourth-order valence-corrected chi connectivity index (χ4v) is 9.73. The third kappa shape index (κ3) is 5.84. The molecular formula is C34H40N6O5Si. The maximum atomic E-state index is 14.7. The Bertz CT molecular complexity index is 1720. The predicted octanol–water partition coefficient (Wildman–Crippen LogP) is 4.08. The Morgan fingerprint density at radius 1 is 1.11 bits per heavy atom. The Hall–Kier alpha value is -4.36. The number of hydrogen-bond acceptors (Lipinski definition) is 8. The van der Waals surface area contributed by atoms with Gasteiger partial charge in [-0.15, -0.1) is 5.10 Å². The molecule has 1 fully saturated rings. The molecule has 4 atom stereocenters. The number of amides is 2. The molecule has 0 bridgehead atoms. The zero-order valence-corrected chi connectivity index (χ0v) is 27.3. The summed E-state index contributed by atoms with van der Waals surface area (Å²) in [6, 6.07) is 22.0. The summed E-state index contributed by atoms with van der Waals surface area (Å²) < 4.78 is 8.67. The van der Waals surface area contributed by atoms with Gasteiger partial charge in [-0.3, -0.25) is 14.3 Å². The summed E-state index contributed by atoms with van der Waals surface area (Å²) in [6.07, 6.45) is 2.28. The molecular weight excluding hydrogens is 600 g/mol. The molecule has 5 N–H and O–H groups in total. The van der Waals surface area contributed by atoms with Crippen LogP contribution in [0.2, 0.25) is 18.6 Å². The van der Waals surface area contributed by atoms with E-state index < -0.39 is 20.0 Å². The zero-order chi connectivity index (χ0) is 32.6. The number of nitrogen functional groups attached to an aromatic ring is 1. The Labute approximate surface area is 269 Å². The number of aryl methyl sites for hydroxylation is 1. The fraction of sp³-hybridized carbons (Fsp3) is 0.353. The van der Waals surface area contributed by atoms with Crippen LogP contribution in [-0.2, 0) is 34.6 Å². The molecule has 2 amide bonds. The second-order valence-corrected chi connectivity index (χ2v) is 16.8. The van der Waals surface area contributed by atoms with Crippen LogP contribution in [0.15, 0.2) is 79.0 Å². The number of ether oxygens (including phenoxy) is 1. The van der Waals surface area contributed by atoms with Crippen molar-refractivity contribution in [2.45, 2.75) is 63.2 Å². The second-order valence-electron chi connectivity index (χ2n) is 12.8. The third-order valence-corrected chi connectivity index (χ3v) is 11.7. The lowest BCUT2D eigenvalue weighted by atomic mass is 9.82. The molecule has 0 radical (unpaired) electrons. The SMILES string of the molecule is C[C@H]1[C@H]([Si](C)(C)O)[C@@H](CCn2cc(CCO)nn2)O[C@]12C(=O)N(Cc1ccccc1)c1ccc(NC(=O)c3ccc(N)cc3)cc12. The van der Waals surface area contributed by atoms with Crippen molar-refractivity contribution in [2.75, 3.05) is 22.6 Å². The molecule has 12 heteroatoms. The minimum Gasteiger partial charge on any atom is -0.432 e. The lowest BCUT2D eigenvalue weighted by Crippen LogP contribution is -2.46. The van der Waals surface area contributed by atoms with Gasteiger partial charge in [0.1, 0.15) is 0 Å². The van der Waals surface area contributed by atoms with E-state index in [9.17, 15) is 19.5 Å². The van der Waals surface area contributed by atoms with Crippen LogP contribution in [-0.4, -0.2) is 57.7 Å². The molecule has 0 saturated carbocycles. The van der Waals surface area contributed by atoms with E-state index in [0.29, 0.717) is 59.8 Å². The van der Waals surface area contributed by atoms with Crippen LogP contribution < -0.4 is 16.0 Å². The molecule has 11 nitrogen and oxygen atoms in total. The number of aliphatic hydroxyl groups excluding tert-OH is 1. The average molecular weight is 641 g/mol. The second kappa shape index (κ2) is 12.4. The lowest BCUT2D eigenvalue weighted by molar-refractivity contribution is -0.146. The highest BCUT2D eigenvalue weighted by Gasteiger charge is 2.66. The van der Waals surface area contributed by atoms with Crippen molar-refractivity contribution in [1.29, 1.82) is 0 Å². The van der Waals surface area contributed by atoms with Crippen molar-refractivity contribution in [2.24, 2.45) is 5.92 Å². The van der Waals surface area contributed by atoms with Gasteiger partial charge in [-0.1, -0.05) is 42.5 Å².